The number of aryl methyl sites for hydroxylation is 1. The maximum absolute atomic E-state index is 12.2. The van der Waals surface area contributed by atoms with Crippen LogP contribution in [0.2, 0.25) is 0 Å². The Morgan fingerprint density at radius 2 is 1.92 bits per heavy atom. The quantitative estimate of drug-likeness (QED) is 0.823. The highest BCUT2D eigenvalue weighted by atomic mass is 16.5. The number of amides is 1. The molecule has 0 bridgehead atoms. The molecule has 0 spiro atoms. The molecule has 1 saturated heterocycles. The molecule has 2 aromatic carbocycles. The molecular formula is C21H26N2O2. The Kier molecular flexibility index (Phi) is 6.20. The summed E-state index contributed by atoms with van der Waals surface area (Å²) in [6.07, 6.45) is 1.09. The fourth-order valence-electron chi connectivity index (χ4n) is 3.20. The van der Waals surface area contributed by atoms with E-state index >= 15 is 0 Å². The maximum Gasteiger partial charge on any atom is 0.251 e. The molecule has 2 aromatic rings. The molecule has 0 unspecified atom stereocenters. The highest BCUT2D eigenvalue weighted by Gasteiger charge is 2.21. The first kappa shape index (κ1) is 17.6. The van der Waals surface area contributed by atoms with Crippen molar-refractivity contribution in [3.63, 3.8) is 0 Å². The summed E-state index contributed by atoms with van der Waals surface area (Å²) in [5.41, 5.74) is 3.01. The fraction of sp³-hybridized carbons (Fsp3) is 0.381. The summed E-state index contributed by atoms with van der Waals surface area (Å²) in [4.78, 5) is 14.6. The SMILES string of the molecule is Cc1ccccc1C(=O)NCCCN1CCO[C@@H](c2ccccc2)C1. The first-order valence-corrected chi connectivity index (χ1v) is 8.97. The van der Waals surface area contributed by atoms with Crippen molar-refractivity contribution >= 4 is 5.91 Å². The molecule has 4 heteroatoms. The van der Waals surface area contributed by atoms with Crippen LogP contribution in [-0.2, 0) is 4.74 Å². The minimum Gasteiger partial charge on any atom is -0.371 e. The molecule has 1 atom stereocenters. The van der Waals surface area contributed by atoms with Crippen LogP contribution in [0.25, 0.3) is 0 Å². The zero-order chi connectivity index (χ0) is 17.5. The molecule has 1 aliphatic rings. The summed E-state index contributed by atoms with van der Waals surface area (Å²) >= 11 is 0. The molecule has 0 aromatic heterocycles. The number of carbonyl (C=O) groups is 1. The van der Waals surface area contributed by atoms with Crippen LogP contribution in [0.15, 0.2) is 54.6 Å². The molecule has 1 fully saturated rings. The van der Waals surface area contributed by atoms with E-state index in [4.69, 9.17) is 4.74 Å². The molecule has 1 heterocycles. The average Bonchev–Trinajstić information content (AvgIpc) is 2.66. The van der Waals surface area contributed by atoms with E-state index in [0.717, 1.165) is 43.8 Å². The molecule has 0 saturated carbocycles. The lowest BCUT2D eigenvalue weighted by atomic mass is 10.1. The number of benzene rings is 2. The summed E-state index contributed by atoms with van der Waals surface area (Å²) < 4.78 is 5.90. The Balaban J connectivity index is 1.42. The largest absolute Gasteiger partial charge is 0.371 e. The van der Waals surface area contributed by atoms with Crippen LogP contribution in [0.4, 0.5) is 0 Å². The standard InChI is InChI=1S/C21H26N2O2/c1-17-8-5-6-11-19(17)21(24)22-12-7-13-23-14-15-25-20(16-23)18-9-3-2-4-10-18/h2-6,8-11,20H,7,12-16H2,1H3,(H,22,24)/t20-/m1/s1. The summed E-state index contributed by atoms with van der Waals surface area (Å²) in [5, 5.41) is 3.03. The number of nitrogens with one attached hydrogen (secondary N) is 1. The van der Waals surface area contributed by atoms with Gasteiger partial charge in [0.15, 0.2) is 0 Å². The topological polar surface area (TPSA) is 41.6 Å². The highest BCUT2D eigenvalue weighted by Crippen LogP contribution is 2.21. The van der Waals surface area contributed by atoms with Gasteiger partial charge in [-0.3, -0.25) is 9.69 Å². The van der Waals surface area contributed by atoms with Crippen molar-refractivity contribution in [2.45, 2.75) is 19.4 Å². The van der Waals surface area contributed by atoms with Crippen molar-refractivity contribution in [3.8, 4) is 0 Å². The van der Waals surface area contributed by atoms with Crippen molar-refractivity contribution in [2.24, 2.45) is 0 Å². The van der Waals surface area contributed by atoms with Gasteiger partial charge in [0.05, 0.1) is 12.7 Å². The van der Waals surface area contributed by atoms with Gasteiger partial charge in [0, 0.05) is 31.7 Å². The number of hydrogen-bond donors (Lipinski definition) is 1. The Hall–Kier alpha value is -2.17. The predicted octanol–water partition coefficient (Wildman–Crippen LogP) is 3.19. The molecular weight excluding hydrogens is 312 g/mol. The van der Waals surface area contributed by atoms with Crippen molar-refractivity contribution in [1.29, 1.82) is 0 Å². The lowest BCUT2D eigenvalue weighted by molar-refractivity contribution is -0.0301. The van der Waals surface area contributed by atoms with Gasteiger partial charge in [0.2, 0.25) is 0 Å². The highest BCUT2D eigenvalue weighted by molar-refractivity contribution is 5.95. The third-order valence-electron chi connectivity index (χ3n) is 4.65. The number of carbonyl (C=O) groups excluding carboxylic acids is 1. The van der Waals surface area contributed by atoms with Crippen LogP contribution in [0.1, 0.15) is 34.0 Å². The van der Waals surface area contributed by atoms with Gasteiger partial charge in [-0.2, -0.15) is 0 Å². The summed E-state index contributed by atoms with van der Waals surface area (Å²) in [5.74, 6) is 0.0160. The third-order valence-corrected chi connectivity index (χ3v) is 4.65. The van der Waals surface area contributed by atoms with Crippen LogP contribution < -0.4 is 5.32 Å². The van der Waals surface area contributed by atoms with Gasteiger partial charge >= 0.3 is 0 Å². The maximum atomic E-state index is 12.2. The van der Waals surface area contributed by atoms with Gasteiger partial charge in [0.25, 0.3) is 5.91 Å². The molecule has 0 radical (unpaired) electrons. The van der Waals surface area contributed by atoms with Crippen molar-refractivity contribution in [2.75, 3.05) is 32.8 Å². The van der Waals surface area contributed by atoms with Gasteiger partial charge in [-0.25, -0.2) is 0 Å². The normalized spacial score (nSPS) is 18.0. The van der Waals surface area contributed by atoms with Crippen LogP contribution >= 0.6 is 0 Å². The molecule has 0 aliphatic carbocycles. The van der Waals surface area contributed by atoms with E-state index in [1.807, 2.05) is 37.3 Å². The van der Waals surface area contributed by atoms with Crippen LogP contribution in [0, 0.1) is 6.92 Å². The molecule has 3 rings (SSSR count). The monoisotopic (exact) mass is 338 g/mol. The minimum absolute atomic E-state index is 0.0160. The average molecular weight is 338 g/mol. The van der Waals surface area contributed by atoms with E-state index in [1.165, 1.54) is 5.56 Å². The van der Waals surface area contributed by atoms with Gasteiger partial charge in [0.1, 0.15) is 0 Å². The van der Waals surface area contributed by atoms with Crippen LogP contribution in [0.5, 0.6) is 0 Å². The van der Waals surface area contributed by atoms with Gasteiger partial charge in [-0.1, -0.05) is 48.5 Å². The van der Waals surface area contributed by atoms with Crippen LogP contribution in [0.3, 0.4) is 0 Å². The molecule has 132 valence electrons. The molecule has 1 N–H and O–H groups in total. The lowest BCUT2D eigenvalue weighted by Crippen LogP contribution is -2.39. The molecule has 25 heavy (non-hydrogen) atoms. The first-order valence-electron chi connectivity index (χ1n) is 8.97. The molecule has 4 nitrogen and oxygen atoms in total. The molecule has 1 amide bonds. The van der Waals surface area contributed by atoms with Gasteiger partial charge in [-0.05, 0) is 30.5 Å². The zero-order valence-electron chi connectivity index (χ0n) is 14.8. The zero-order valence-corrected chi connectivity index (χ0v) is 14.8. The van der Waals surface area contributed by atoms with Crippen LogP contribution in [-0.4, -0.2) is 43.6 Å². The van der Waals surface area contributed by atoms with E-state index in [9.17, 15) is 4.79 Å². The van der Waals surface area contributed by atoms with Crippen molar-refractivity contribution in [1.82, 2.24) is 10.2 Å². The second-order valence-corrected chi connectivity index (χ2v) is 6.50. The number of nitrogens with zero attached hydrogens (tertiary/aromatic N) is 1. The smallest absolute Gasteiger partial charge is 0.251 e. The Labute approximate surface area is 149 Å². The van der Waals surface area contributed by atoms with Crippen molar-refractivity contribution in [3.05, 3.63) is 71.3 Å². The summed E-state index contributed by atoms with van der Waals surface area (Å²) in [6, 6.07) is 18.1. The third kappa shape index (κ3) is 4.91. The number of morpholine rings is 1. The summed E-state index contributed by atoms with van der Waals surface area (Å²) in [6.45, 7) is 6.26. The van der Waals surface area contributed by atoms with Gasteiger partial charge < -0.3 is 10.1 Å². The van der Waals surface area contributed by atoms with E-state index in [0.29, 0.717) is 6.54 Å². The number of hydrogen-bond acceptors (Lipinski definition) is 3. The lowest BCUT2D eigenvalue weighted by Gasteiger charge is -2.33. The van der Waals surface area contributed by atoms with E-state index in [-0.39, 0.29) is 12.0 Å². The van der Waals surface area contributed by atoms with Crippen molar-refractivity contribution < 1.29 is 9.53 Å². The second-order valence-electron chi connectivity index (χ2n) is 6.50. The molecule has 1 aliphatic heterocycles. The van der Waals surface area contributed by atoms with E-state index in [2.05, 4.69) is 34.5 Å². The minimum atomic E-state index is 0.0160. The van der Waals surface area contributed by atoms with Gasteiger partial charge in [-0.15, -0.1) is 0 Å². The number of ether oxygens (including phenoxy) is 1. The van der Waals surface area contributed by atoms with E-state index < -0.39 is 0 Å². The second kappa shape index (κ2) is 8.79. The Morgan fingerprint density at radius 3 is 2.72 bits per heavy atom. The fourth-order valence-corrected chi connectivity index (χ4v) is 3.20. The predicted molar refractivity (Wildman–Crippen MR) is 99.7 cm³/mol. The Morgan fingerprint density at radius 1 is 1.16 bits per heavy atom. The van der Waals surface area contributed by atoms with E-state index in [1.54, 1.807) is 0 Å². The number of rotatable bonds is 6. The Bertz CT molecular complexity index is 687. The summed E-state index contributed by atoms with van der Waals surface area (Å²) in [7, 11) is 0. The first-order chi connectivity index (χ1) is 12.2.